The van der Waals surface area contributed by atoms with Gasteiger partial charge in [0.25, 0.3) is 11.6 Å². The zero-order valence-corrected chi connectivity index (χ0v) is 14.5. The fraction of sp³-hybridized carbons (Fsp3) is 0.176. The summed E-state index contributed by atoms with van der Waals surface area (Å²) in [6.07, 6.45) is 0. The molecule has 2 aromatic carbocycles. The lowest BCUT2D eigenvalue weighted by Crippen LogP contribution is -2.31. The number of esters is 1. The van der Waals surface area contributed by atoms with Crippen LogP contribution in [0.5, 0.6) is 0 Å². The summed E-state index contributed by atoms with van der Waals surface area (Å²) in [5, 5.41) is 13.9. The number of halogens is 1. The number of ether oxygens (including phenoxy) is 1. The molecule has 0 aliphatic rings. The molecule has 0 aromatic heterocycles. The summed E-state index contributed by atoms with van der Waals surface area (Å²) in [6, 6.07) is 10.0. The summed E-state index contributed by atoms with van der Waals surface area (Å²) >= 11 is 5.81. The quantitative estimate of drug-likeness (QED) is 0.345. The van der Waals surface area contributed by atoms with Crippen LogP contribution in [0.25, 0.3) is 0 Å². The molecule has 3 N–H and O–H groups in total. The van der Waals surface area contributed by atoms with Crippen LogP contribution in [0.15, 0.2) is 42.5 Å². The molecule has 1 atom stereocenters. The predicted molar refractivity (Wildman–Crippen MR) is 95.8 cm³/mol. The number of carbonyl (C=O) groups is 2. The highest BCUT2D eigenvalue weighted by Gasteiger charge is 2.17. The van der Waals surface area contributed by atoms with Crippen molar-refractivity contribution in [3.05, 3.63) is 68.7 Å². The zero-order valence-electron chi connectivity index (χ0n) is 13.8. The fourth-order valence-corrected chi connectivity index (χ4v) is 2.30. The monoisotopic (exact) mass is 377 g/mol. The van der Waals surface area contributed by atoms with Crippen LogP contribution in [0.2, 0.25) is 5.02 Å². The van der Waals surface area contributed by atoms with Crippen LogP contribution in [0.4, 0.5) is 11.4 Å². The van der Waals surface area contributed by atoms with Crippen molar-refractivity contribution in [3.8, 4) is 0 Å². The maximum absolute atomic E-state index is 12.0. The Kier molecular flexibility index (Phi) is 6.13. The second kappa shape index (κ2) is 8.30. The van der Waals surface area contributed by atoms with Crippen LogP contribution in [-0.2, 0) is 9.53 Å². The Balaban J connectivity index is 1.91. The van der Waals surface area contributed by atoms with Gasteiger partial charge in [-0.15, -0.1) is 0 Å². The molecular weight excluding hydrogens is 362 g/mol. The van der Waals surface area contributed by atoms with Gasteiger partial charge in [0, 0.05) is 17.2 Å². The van der Waals surface area contributed by atoms with Crippen molar-refractivity contribution in [2.45, 2.75) is 13.0 Å². The molecule has 0 spiro atoms. The third-order valence-corrected chi connectivity index (χ3v) is 3.80. The topological polar surface area (TPSA) is 125 Å². The molecule has 0 aliphatic carbocycles. The van der Waals surface area contributed by atoms with E-state index in [1.165, 1.54) is 6.07 Å². The minimum atomic E-state index is -0.841. The zero-order chi connectivity index (χ0) is 19.3. The Morgan fingerprint density at radius 1 is 1.27 bits per heavy atom. The number of carbonyl (C=O) groups excluding carboxylic acids is 2. The Morgan fingerprint density at radius 2 is 1.92 bits per heavy atom. The van der Waals surface area contributed by atoms with Crippen LogP contribution < -0.4 is 11.1 Å². The van der Waals surface area contributed by atoms with Crippen molar-refractivity contribution in [2.24, 2.45) is 0 Å². The molecule has 0 bridgehead atoms. The van der Waals surface area contributed by atoms with Gasteiger partial charge in [0.15, 0.2) is 6.61 Å². The number of nitro groups is 1. The Hall–Kier alpha value is -3.13. The molecule has 1 amide bonds. The highest BCUT2D eigenvalue weighted by atomic mass is 35.5. The molecule has 0 radical (unpaired) electrons. The number of nitrogen functional groups attached to an aromatic ring is 1. The number of non-ortho nitro benzene ring substituents is 1. The minimum Gasteiger partial charge on any atom is -0.452 e. The van der Waals surface area contributed by atoms with E-state index in [1.807, 2.05) is 0 Å². The second-order valence-corrected chi connectivity index (χ2v) is 5.88. The van der Waals surface area contributed by atoms with E-state index in [0.29, 0.717) is 5.02 Å². The number of benzene rings is 2. The van der Waals surface area contributed by atoms with Crippen molar-refractivity contribution in [1.82, 2.24) is 5.32 Å². The first-order valence-electron chi connectivity index (χ1n) is 7.54. The first-order chi connectivity index (χ1) is 12.3. The van der Waals surface area contributed by atoms with Gasteiger partial charge in [0.2, 0.25) is 0 Å². The molecule has 136 valence electrons. The fourth-order valence-electron chi connectivity index (χ4n) is 2.18. The van der Waals surface area contributed by atoms with Gasteiger partial charge >= 0.3 is 5.97 Å². The maximum atomic E-state index is 12.0. The molecule has 2 aromatic rings. The second-order valence-electron chi connectivity index (χ2n) is 5.45. The molecule has 0 unspecified atom stereocenters. The third kappa shape index (κ3) is 4.93. The van der Waals surface area contributed by atoms with Crippen molar-refractivity contribution >= 4 is 34.9 Å². The van der Waals surface area contributed by atoms with E-state index in [2.05, 4.69) is 5.32 Å². The Labute approximate surface area is 154 Å². The molecule has 0 heterocycles. The number of nitrogens with two attached hydrogens (primary N) is 1. The number of rotatable bonds is 6. The minimum absolute atomic E-state index is 0.0471. The summed E-state index contributed by atoms with van der Waals surface area (Å²) in [4.78, 5) is 33.9. The van der Waals surface area contributed by atoms with E-state index in [-0.39, 0.29) is 23.0 Å². The lowest BCUT2D eigenvalue weighted by atomic mass is 10.1. The summed E-state index contributed by atoms with van der Waals surface area (Å²) in [7, 11) is 0. The average molecular weight is 378 g/mol. The van der Waals surface area contributed by atoms with Crippen LogP contribution in [0, 0.1) is 10.1 Å². The Morgan fingerprint density at radius 3 is 2.50 bits per heavy atom. The number of nitro benzene ring substituents is 1. The van der Waals surface area contributed by atoms with E-state index in [4.69, 9.17) is 22.1 Å². The van der Waals surface area contributed by atoms with Crippen molar-refractivity contribution in [1.29, 1.82) is 0 Å². The molecule has 26 heavy (non-hydrogen) atoms. The molecule has 0 saturated carbocycles. The van der Waals surface area contributed by atoms with Gasteiger partial charge in [-0.1, -0.05) is 23.7 Å². The summed E-state index contributed by atoms with van der Waals surface area (Å²) < 4.78 is 4.90. The van der Waals surface area contributed by atoms with Crippen molar-refractivity contribution < 1.29 is 19.2 Å². The van der Waals surface area contributed by atoms with E-state index in [9.17, 15) is 19.7 Å². The van der Waals surface area contributed by atoms with Gasteiger partial charge in [-0.3, -0.25) is 14.9 Å². The number of nitrogens with one attached hydrogen (secondary N) is 1. The maximum Gasteiger partial charge on any atom is 0.340 e. The van der Waals surface area contributed by atoms with Crippen LogP contribution in [-0.4, -0.2) is 23.4 Å². The van der Waals surface area contributed by atoms with Crippen LogP contribution in [0.3, 0.4) is 0 Å². The van der Waals surface area contributed by atoms with E-state index >= 15 is 0 Å². The summed E-state index contributed by atoms with van der Waals surface area (Å²) in [5.74, 6) is -1.34. The van der Waals surface area contributed by atoms with Crippen molar-refractivity contribution in [3.63, 3.8) is 0 Å². The smallest absolute Gasteiger partial charge is 0.340 e. The van der Waals surface area contributed by atoms with Gasteiger partial charge in [-0.05, 0) is 30.7 Å². The molecule has 0 saturated heterocycles. The molecule has 8 nitrogen and oxygen atoms in total. The standard InChI is InChI=1S/C17H16ClN3O5/c1-10(11-2-4-12(18)5-3-11)20-16(22)9-26-17(23)14-7-6-13(21(24)25)8-15(14)19/h2-8,10H,9,19H2,1H3,(H,20,22)/t10-/m0/s1. The normalized spacial score (nSPS) is 11.5. The molecule has 0 aliphatic heterocycles. The third-order valence-electron chi connectivity index (χ3n) is 3.55. The molecule has 9 heteroatoms. The number of amides is 1. The van der Waals surface area contributed by atoms with Gasteiger partial charge in [0.1, 0.15) is 0 Å². The highest BCUT2D eigenvalue weighted by Crippen LogP contribution is 2.20. The SMILES string of the molecule is C[C@H](NC(=O)COC(=O)c1ccc([N+](=O)[O-])cc1N)c1ccc(Cl)cc1. The molecule has 2 rings (SSSR count). The van der Waals surface area contributed by atoms with Gasteiger partial charge in [-0.2, -0.15) is 0 Å². The average Bonchev–Trinajstić information content (AvgIpc) is 2.60. The first kappa shape index (κ1) is 19.2. The van der Waals surface area contributed by atoms with E-state index in [0.717, 1.165) is 17.7 Å². The molecular formula is C17H16ClN3O5. The number of hydrogen-bond donors (Lipinski definition) is 2. The van der Waals surface area contributed by atoms with Gasteiger partial charge in [0.05, 0.1) is 22.2 Å². The number of hydrogen-bond acceptors (Lipinski definition) is 6. The number of nitrogens with zero attached hydrogens (tertiary/aromatic N) is 1. The largest absolute Gasteiger partial charge is 0.452 e. The molecule has 0 fully saturated rings. The van der Waals surface area contributed by atoms with E-state index in [1.54, 1.807) is 31.2 Å². The van der Waals surface area contributed by atoms with Crippen LogP contribution >= 0.6 is 11.6 Å². The lowest BCUT2D eigenvalue weighted by Gasteiger charge is -2.14. The van der Waals surface area contributed by atoms with Crippen LogP contribution in [0.1, 0.15) is 28.9 Å². The van der Waals surface area contributed by atoms with Gasteiger partial charge < -0.3 is 15.8 Å². The lowest BCUT2D eigenvalue weighted by molar-refractivity contribution is -0.384. The van der Waals surface area contributed by atoms with E-state index < -0.39 is 23.4 Å². The summed E-state index contributed by atoms with van der Waals surface area (Å²) in [6.45, 7) is 1.27. The highest BCUT2D eigenvalue weighted by molar-refractivity contribution is 6.30. The first-order valence-corrected chi connectivity index (χ1v) is 7.91. The van der Waals surface area contributed by atoms with Gasteiger partial charge in [-0.25, -0.2) is 4.79 Å². The summed E-state index contributed by atoms with van der Waals surface area (Å²) in [5.41, 5.74) is 6.07. The number of anilines is 1. The van der Waals surface area contributed by atoms with Crippen molar-refractivity contribution in [2.75, 3.05) is 12.3 Å². The predicted octanol–water partition coefficient (Wildman–Crippen LogP) is 2.86. The Bertz CT molecular complexity index is 839.